The molecular weight excluding hydrogens is 278 g/mol. The van der Waals surface area contributed by atoms with E-state index in [1.165, 1.54) is 0 Å². The SMILES string of the molecule is O.O=CC=O.O=S([O-])O.O=S([O-])O.[Na+].[Na+]. The Kier molecular flexibility index (Phi) is 86.6. The van der Waals surface area contributed by atoms with Gasteiger partial charge in [-0.15, -0.1) is 0 Å². The second kappa shape index (κ2) is 36.1. The summed E-state index contributed by atoms with van der Waals surface area (Å²) in [5.41, 5.74) is 0. The molecule has 0 bridgehead atoms. The van der Waals surface area contributed by atoms with E-state index in [0.717, 1.165) is 0 Å². The zero-order valence-corrected chi connectivity index (χ0v) is 13.4. The van der Waals surface area contributed by atoms with E-state index < -0.39 is 22.7 Å². The average molecular weight is 284 g/mol. The van der Waals surface area contributed by atoms with Crippen molar-refractivity contribution in [1.29, 1.82) is 0 Å². The van der Waals surface area contributed by atoms with Gasteiger partial charge in [0.2, 0.25) is 0 Å². The molecule has 15 heavy (non-hydrogen) atoms. The van der Waals surface area contributed by atoms with Crippen molar-refractivity contribution in [3.63, 3.8) is 0 Å². The zero-order valence-electron chi connectivity index (χ0n) is 7.82. The van der Waals surface area contributed by atoms with Gasteiger partial charge >= 0.3 is 59.1 Å². The third-order valence-electron chi connectivity index (χ3n) is 0.0556. The Morgan fingerprint density at radius 1 is 0.867 bits per heavy atom. The number of rotatable bonds is 1. The van der Waals surface area contributed by atoms with Gasteiger partial charge in [-0.3, -0.25) is 9.59 Å². The van der Waals surface area contributed by atoms with Crippen LogP contribution < -0.4 is 59.1 Å². The molecular formula is C2H6Na2O9S2. The Bertz CT molecular complexity index is 136. The van der Waals surface area contributed by atoms with Crippen LogP contribution in [0.5, 0.6) is 0 Å². The molecule has 0 aromatic rings. The molecule has 2 unspecified atom stereocenters. The van der Waals surface area contributed by atoms with Crippen LogP contribution in [-0.4, -0.2) is 44.7 Å². The maximum absolute atomic E-state index is 8.81. The molecule has 0 radical (unpaired) electrons. The average Bonchev–Trinajstić information content (AvgIpc) is 1.85. The summed E-state index contributed by atoms with van der Waals surface area (Å²) < 4.78 is 48.2. The number of hydrogen-bond acceptors (Lipinski definition) is 6. The van der Waals surface area contributed by atoms with Crippen LogP contribution >= 0.6 is 0 Å². The van der Waals surface area contributed by atoms with Crippen molar-refractivity contribution in [3.05, 3.63) is 0 Å². The van der Waals surface area contributed by atoms with Gasteiger partial charge in [-0.05, 0) is 0 Å². The predicted octanol–water partition coefficient (Wildman–Crippen LogP) is -8.76. The monoisotopic (exact) mass is 284 g/mol. The molecule has 0 saturated carbocycles. The quantitative estimate of drug-likeness (QED) is 0.205. The first-order chi connectivity index (χ1) is 5.38. The Morgan fingerprint density at radius 3 is 0.933 bits per heavy atom. The van der Waals surface area contributed by atoms with E-state index >= 15 is 0 Å². The van der Waals surface area contributed by atoms with E-state index in [1.54, 1.807) is 0 Å². The van der Waals surface area contributed by atoms with E-state index in [2.05, 4.69) is 0 Å². The normalized spacial score (nSPS) is 9.60. The molecule has 82 valence electrons. The summed E-state index contributed by atoms with van der Waals surface area (Å²) >= 11 is -5.72. The molecule has 2 atom stereocenters. The minimum absolute atomic E-state index is 0. The second-order valence-corrected chi connectivity index (χ2v) is 1.57. The van der Waals surface area contributed by atoms with Crippen LogP contribution in [0.1, 0.15) is 0 Å². The topological polar surface area (TPSA) is 186 Å². The van der Waals surface area contributed by atoms with Crippen molar-refractivity contribution < 1.29 is 101 Å². The molecule has 0 aromatic heterocycles. The summed E-state index contributed by atoms with van der Waals surface area (Å²) in [6, 6.07) is 0. The molecule has 9 nitrogen and oxygen atoms in total. The minimum Gasteiger partial charge on any atom is -0.750 e. The number of carbonyl (C=O) groups excluding carboxylic acids is 2. The van der Waals surface area contributed by atoms with Gasteiger partial charge in [0.15, 0.2) is 12.6 Å². The van der Waals surface area contributed by atoms with Crippen molar-refractivity contribution in [2.45, 2.75) is 0 Å². The van der Waals surface area contributed by atoms with E-state index in [-0.39, 0.29) is 77.2 Å². The van der Waals surface area contributed by atoms with Crippen molar-refractivity contribution >= 4 is 35.3 Å². The van der Waals surface area contributed by atoms with Gasteiger partial charge in [0.1, 0.15) is 0 Å². The fraction of sp³-hybridized carbons (Fsp3) is 0. The smallest absolute Gasteiger partial charge is 0.750 e. The molecule has 0 aliphatic carbocycles. The number of aldehydes is 2. The molecule has 0 aromatic carbocycles. The maximum Gasteiger partial charge on any atom is 1.00 e. The molecule has 0 fully saturated rings. The summed E-state index contributed by atoms with van der Waals surface area (Å²) in [6.07, 6.45) is 0.389. The summed E-state index contributed by atoms with van der Waals surface area (Å²) in [6.45, 7) is 0. The van der Waals surface area contributed by atoms with E-state index in [9.17, 15) is 0 Å². The molecule has 0 amide bonds. The van der Waals surface area contributed by atoms with Gasteiger partial charge in [-0.1, -0.05) is 0 Å². The van der Waals surface area contributed by atoms with Crippen LogP contribution in [-0.2, 0) is 32.3 Å². The van der Waals surface area contributed by atoms with Crippen LogP contribution in [0.15, 0.2) is 0 Å². The number of carbonyl (C=O) groups is 2. The molecule has 0 saturated heterocycles. The van der Waals surface area contributed by atoms with E-state index in [4.69, 9.17) is 36.2 Å². The van der Waals surface area contributed by atoms with Gasteiger partial charge in [-0.2, -0.15) is 0 Å². The van der Waals surface area contributed by atoms with Crippen LogP contribution in [0, 0.1) is 0 Å². The Morgan fingerprint density at radius 2 is 0.933 bits per heavy atom. The summed E-state index contributed by atoms with van der Waals surface area (Å²) in [7, 11) is 0. The first kappa shape index (κ1) is 36.0. The van der Waals surface area contributed by atoms with Crippen molar-refractivity contribution in [1.82, 2.24) is 0 Å². The Balaban J connectivity index is -0.0000000184. The molecule has 4 N–H and O–H groups in total. The third-order valence-corrected chi connectivity index (χ3v) is 0.0556. The largest absolute Gasteiger partial charge is 1.00 e. The maximum atomic E-state index is 8.81. The van der Waals surface area contributed by atoms with E-state index in [1.807, 2.05) is 0 Å². The van der Waals surface area contributed by atoms with Crippen molar-refractivity contribution in [2.75, 3.05) is 0 Å². The summed E-state index contributed by atoms with van der Waals surface area (Å²) in [4.78, 5) is 17.6. The molecule has 0 heterocycles. The molecule has 0 aliphatic rings. The first-order valence-corrected chi connectivity index (χ1v) is 3.90. The Hall–Kier alpha value is 1.44. The van der Waals surface area contributed by atoms with Crippen LogP contribution in [0.4, 0.5) is 0 Å². The van der Waals surface area contributed by atoms with Gasteiger partial charge in [0.25, 0.3) is 0 Å². The second-order valence-electron chi connectivity index (χ2n) is 0.706. The third kappa shape index (κ3) is 468. The van der Waals surface area contributed by atoms with Crippen molar-refractivity contribution in [2.24, 2.45) is 0 Å². The fourth-order valence-electron chi connectivity index (χ4n) is 0. The summed E-state index contributed by atoms with van der Waals surface area (Å²) in [5, 5.41) is 0. The molecule has 0 rings (SSSR count). The van der Waals surface area contributed by atoms with E-state index in [0.29, 0.717) is 0 Å². The van der Waals surface area contributed by atoms with Crippen molar-refractivity contribution in [3.8, 4) is 0 Å². The zero-order chi connectivity index (χ0) is 10.6. The van der Waals surface area contributed by atoms with Gasteiger partial charge in [-0.25, -0.2) is 8.42 Å². The van der Waals surface area contributed by atoms with Gasteiger partial charge in [0, 0.05) is 0 Å². The molecule has 0 spiro atoms. The summed E-state index contributed by atoms with van der Waals surface area (Å²) in [5.74, 6) is 0. The number of hydrogen-bond donors (Lipinski definition) is 2. The minimum atomic E-state index is -2.86. The van der Waals surface area contributed by atoms with Crippen LogP contribution in [0.2, 0.25) is 0 Å². The standard InChI is InChI=1S/C2H2O2.2Na.2H2O3S.H2O/c3-1-2-4;;;2*1-4(2)3;/h1-2H;;;2*(H2,1,2,3);1H2/q;2*+1;;;/p-2. The molecule has 13 heteroatoms. The van der Waals surface area contributed by atoms with Crippen LogP contribution in [0.25, 0.3) is 0 Å². The molecule has 0 aliphatic heterocycles. The van der Waals surface area contributed by atoms with Gasteiger partial charge < -0.3 is 23.7 Å². The predicted molar refractivity (Wildman–Crippen MR) is 38.8 cm³/mol. The Labute approximate surface area is 135 Å². The fourth-order valence-corrected chi connectivity index (χ4v) is 0. The first-order valence-electron chi connectivity index (χ1n) is 1.84. The van der Waals surface area contributed by atoms with Crippen LogP contribution in [0.3, 0.4) is 0 Å². The van der Waals surface area contributed by atoms with Gasteiger partial charge in [0.05, 0.1) is 22.7 Å².